The lowest BCUT2D eigenvalue weighted by Gasteiger charge is -2.29. The van der Waals surface area contributed by atoms with Gasteiger partial charge in [-0.2, -0.15) is 0 Å². The Balaban J connectivity index is 1.22. The summed E-state index contributed by atoms with van der Waals surface area (Å²) in [5.74, 6) is 2.51. The molecule has 5 aromatic carbocycles. The monoisotopic (exact) mass is 823 g/mol. The van der Waals surface area contributed by atoms with Crippen molar-refractivity contribution in [2.24, 2.45) is 0 Å². The van der Waals surface area contributed by atoms with E-state index in [0.29, 0.717) is 6.67 Å². The molecule has 7 aromatic rings. The first kappa shape index (κ1) is 42.9. The van der Waals surface area contributed by atoms with Crippen LogP contribution in [0.1, 0.15) is 130 Å². The number of para-hydroxylation sites is 1. The molecule has 3 heterocycles. The van der Waals surface area contributed by atoms with Crippen LogP contribution in [0.4, 0.5) is 11.4 Å². The van der Waals surface area contributed by atoms with Crippen LogP contribution < -0.4 is 14.5 Å². The van der Waals surface area contributed by atoms with Gasteiger partial charge in [0.25, 0.3) is 0 Å². The zero-order valence-electron chi connectivity index (χ0n) is 39.6. The summed E-state index contributed by atoms with van der Waals surface area (Å²) < 4.78 is 9.43. The Morgan fingerprint density at radius 2 is 1.02 bits per heavy atom. The molecule has 0 saturated carbocycles. The minimum Gasteiger partial charge on any atom is -0.457 e. The first-order valence-corrected chi connectivity index (χ1v) is 22.3. The quantitative estimate of drug-likeness (QED) is 0.160. The molecule has 0 atom stereocenters. The van der Waals surface area contributed by atoms with Crippen LogP contribution in [-0.4, -0.2) is 16.2 Å². The van der Waals surface area contributed by atoms with Crippen LogP contribution in [-0.2, 0) is 27.1 Å². The lowest BCUT2D eigenvalue weighted by molar-refractivity contribution is 0.476. The first-order valence-electron chi connectivity index (χ1n) is 22.3. The lowest BCUT2D eigenvalue weighted by atomic mass is 9.78. The Morgan fingerprint density at radius 3 is 1.61 bits per heavy atom. The molecule has 320 valence electrons. The van der Waals surface area contributed by atoms with E-state index in [1.165, 1.54) is 49.8 Å². The first-order chi connectivity index (χ1) is 29.0. The van der Waals surface area contributed by atoms with Gasteiger partial charge in [0.05, 0.1) is 17.7 Å². The average Bonchev–Trinajstić information content (AvgIpc) is 3.83. The van der Waals surface area contributed by atoms with E-state index in [2.05, 4.69) is 239 Å². The number of fused-ring (bicyclic) bond motifs is 3. The van der Waals surface area contributed by atoms with Gasteiger partial charge in [-0.1, -0.05) is 152 Å². The van der Waals surface area contributed by atoms with E-state index in [0.717, 1.165) is 34.0 Å². The number of rotatable bonds is 7. The average molecular weight is 823 g/mol. The molecule has 5 nitrogen and oxygen atoms in total. The third kappa shape index (κ3) is 8.27. The highest BCUT2D eigenvalue weighted by molar-refractivity contribution is 6.11. The van der Waals surface area contributed by atoms with Crippen molar-refractivity contribution in [1.82, 2.24) is 9.55 Å². The van der Waals surface area contributed by atoms with Crippen molar-refractivity contribution in [1.29, 1.82) is 0 Å². The van der Waals surface area contributed by atoms with Crippen molar-refractivity contribution >= 4 is 33.2 Å². The molecule has 0 radical (unpaired) electrons. The molecular weight excluding hydrogens is 757 g/mol. The standard InChI is InChI=1S/C57H66N4O/c1-53(2,3)40-28-41(54(4,5)6)30-43(29-40)59-26-27-60(37-59)44-31-42(55(7,8)9)32-45(34-44)62-46-35-48(56(10,11)12)52-47-22-18-19-23-49(47)61(50(52)36-46)51-33-39(24-25-58-51)57(13,14)38-20-16-15-17-21-38/h15-36H,37H2,1-14H3. The van der Waals surface area contributed by atoms with Crippen molar-refractivity contribution < 1.29 is 4.74 Å². The van der Waals surface area contributed by atoms with E-state index in [4.69, 9.17) is 9.72 Å². The van der Waals surface area contributed by atoms with Gasteiger partial charge in [-0.3, -0.25) is 4.57 Å². The number of pyridine rings is 1. The Labute approximate surface area is 371 Å². The Morgan fingerprint density at radius 1 is 0.468 bits per heavy atom. The summed E-state index contributed by atoms with van der Waals surface area (Å²) in [6.45, 7) is 32.8. The summed E-state index contributed by atoms with van der Waals surface area (Å²) in [7, 11) is 0. The smallest absolute Gasteiger partial charge is 0.137 e. The number of hydrogen-bond acceptors (Lipinski definition) is 4. The van der Waals surface area contributed by atoms with Crippen molar-refractivity contribution in [2.75, 3.05) is 16.5 Å². The number of hydrogen-bond donors (Lipinski definition) is 0. The molecule has 62 heavy (non-hydrogen) atoms. The van der Waals surface area contributed by atoms with E-state index in [1.54, 1.807) is 0 Å². The van der Waals surface area contributed by atoms with Gasteiger partial charge in [-0.05, 0) is 104 Å². The number of benzene rings is 5. The van der Waals surface area contributed by atoms with Crippen LogP contribution >= 0.6 is 0 Å². The third-order valence-corrected chi connectivity index (χ3v) is 12.8. The normalized spacial score (nSPS) is 14.1. The SMILES string of the molecule is CC(C)(C)c1cc(Oc2cc(C(C)(C)C)c3c4ccccc4n(-c4cc(C(C)(C)c5ccccc5)ccn4)c3c2)cc(N2C=CN(c3cc(C(C)(C)C)cc(C(C)(C)C)c3)C2)c1. The van der Waals surface area contributed by atoms with Gasteiger partial charge in [0, 0.05) is 58.3 Å². The van der Waals surface area contributed by atoms with Crippen LogP contribution in [0.2, 0.25) is 0 Å². The number of aromatic nitrogens is 2. The summed E-state index contributed by atoms with van der Waals surface area (Å²) in [5, 5.41) is 2.44. The fraction of sp³-hybridized carbons (Fsp3) is 0.351. The van der Waals surface area contributed by atoms with Crippen LogP contribution in [0.5, 0.6) is 11.5 Å². The minimum atomic E-state index is -0.217. The Kier molecular flexibility index (Phi) is 10.5. The van der Waals surface area contributed by atoms with Crippen LogP contribution in [0.25, 0.3) is 27.6 Å². The maximum atomic E-state index is 7.10. The number of ether oxygens (including phenoxy) is 1. The highest BCUT2D eigenvalue weighted by Crippen LogP contribution is 2.44. The van der Waals surface area contributed by atoms with E-state index in [9.17, 15) is 0 Å². The van der Waals surface area contributed by atoms with E-state index in [-0.39, 0.29) is 27.1 Å². The zero-order chi connectivity index (χ0) is 44.6. The van der Waals surface area contributed by atoms with Gasteiger partial charge in [0.2, 0.25) is 0 Å². The molecule has 0 amide bonds. The second kappa shape index (κ2) is 15.2. The molecule has 0 N–H and O–H groups in total. The molecule has 8 rings (SSSR count). The summed E-state index contributed by atoms with van der Waals surface area (Å²) in [6.07, 6.45) is 6.37. The van der Waals surface area contributed by atoms with E-state index >= 15 is 0 Å². The van der Waals surface area contributed by atoms with Gasteiger partial charge in [-0.25, -0.2) is 4.98 Å². The van der Waals surface area contributed by atoms with Gasteiger partial charge in [-0.15, -0.1) is 0 Å². The molecule has 0 fully saturated rings. The molecule has 0 saturated heterocycles. The summed E-state index contributed by atoms with van der Waals surface area (Å²) in [4.78, 5) is 9.75. The van der Waals surface area contributed by atoms with E-state index in [1.807, 2.05) is 6.20 Å². The fourth-order valence-electron chi connectivity index (χ4n) is 8.69. The molecule has 2 aromatic heterocycles. The maximum absolute atomic E-state index is 7.10. The van der Waals surface area contributed by atoms with Crippen LogP contribution in [0.15, 0.2) is 134 Å². The second-order valence-corrected chi connectivity index (χ2v) is 22.1. The predicted molar refractivity (Wildman–Crippen MR) is 264 cm³/mol. The number of nitrogens with zero attached hydrogens (tertiary/aromatic N) is 4. The minimum absolute atomic E-state index is 0.0382. The molecular formula is C57H66N4O. The molecule has 1 aliphatic rings. The Bertz CT molecular complexity index is 2780. The summed E-state index contributed by atoms with van der Waals surface area (Å²) in [5.41, 5.74) is 11.7. The summed E-state index contributed by atoms with van der Waals surface area (Å²) >= 11 is 0. The van der Waals surface area contributed by atoms with Crippen molar-refractivity contribution in [3.05, 3.63) is 167 Å². The Hall–Kier alpha value is -5.81. The lowest BCUT2D eigenvalue weighted by Crippen LogP contribution is -2.26. The molecule has 1 aliphatic heterocycles. The third-order valence-electron chi connectivity index (χ3n) is 12.8. The number of anilines is 2. The molecule has 0 aliphatic carbocycles. The molecule has 0 bridgehead atoms. The largest absolute Gasteiger partial charge is 0.457 e. The van der Waals surface area contributed by atoms with E-state index < -0.39 is 0 Å². The highest BCUT2D eigenvalue weighted by atomic mass is 16.5. The maximum Gasteiger partial charge on any atom is 0.137 e. The van der Waals surface area contributed by atoms with Gasteiger partial charge >= 0.3 is 0 Å². The van der Waals surface area contributed by atoms with Crippen molar-refractivity contribution in [2.45, 2.75) is 124 Å². The molecule has 0 unspecified atom stereocenters. The summed E-state index contributed by atoms with van der Waals surface area (Å²) in [6, 6.07) is 42.2. The zero-order valence-corrected chi connectivity index (χ0v) is 39.6. The van der Waals surface area contributed by atoms with Gasteiger partial charge < -0.3 is 14.5 Å². The molecule has 5 heteroatoms. The van der Waals surface area contributed by atoms with Crippen LogP contribution in [0, 0.1) is 0 Å². The van der Waals surface area contributed by atoms with Crippen LogP contribution in [0.3, 0.4) is 0 Å². The predicted octanol–water partition coefficient (Wildman–Crippen LogP) is 15.2. The highest BCUT2D eigenvalue weighted by Gasteiger charge is 2.29. The second-order valence-electron chi connectivity index (χ2n) is 22.1. The van der Waals surface area contributed by atoms with Crippen molar-refractivity contribution in [3.63, 3.8) is 0 Å². The van der Waals surface area contributed by atoms with Gasteiger partial charge in [0.15, 0.2) is 0 Å². The topological polar surface area (TPSA) is 33.5 Å². The fourth-order valence-corrected chi connectivity index (χ4v) is 8.69. The molecule has 0 spiro atoms. The van der Waals surface area contributed by atoms with Gasteiger partial charge in [0.1, 0.15) is 17.3 Å². The van der Waals surface area contributed by atoms with Crippen molar-refractivity contribution in [3.8, 4) is 17.3 Å².